The third-order valence-corrected chi connectivity index (χ3v) is 3.39. The van der Waals surface area contributed by atoms with Crippen LogP contribution in [-0.4, -0.2) is 46.4 Å². The molecule has 0 spiro atoms. The summed E-state index contributed by atoms with van der Waals surface area (Å²) in [4.78, 5) is 12.7. The second-order valence-electron chi connectivity index (χ2n) is 4.78. The Kier molecular flexibility index (Phi) is 4.19. The number of nitrogens with zero attached hydrogens (tertiary/aromatic N) is 3. The lowest BCUT2D eigenvalue weighted by Gasteiger charge is -2.31. The van der Waals surface area contributed by atoms with Crippen LogP contribution >= 0.6 is 0 Å². The standard InChI is InChI=1S/C12H21N5O/c1-16-7-3-11(15-16)2-6-14-10-4-8-17(9-5-10)12(13)18/h3,7,10,14H,2,4-6,8-9H2,1H3,(H2,13,18). The summed E-state index contributed by atoms with van der Waals surface area (Å²) in [5.41, 5.74) is 6.36. The van der Waals surface area contributed by atoms with Crippen molar-refractivity contribution in [3.8, 4) is 0 Å². The number of nitrogens with two attached hydrogens (primary N) is 1. The largest absolute Gasteiger partial charge is 0.351 e. The predicted molar refractivity (Wildman–Crippen MR) is 69.1 cm³/mol. The van der Waals surface area contributed by atoms with Gasteiger partial charge in [-0.1, -0.05) is 0 Å². The van der Waals surface area contributed by atoms with Crippen molar-refractivity contribution in [1.82, 2.24) is 20.0 Å². The van der Waals surface area contributed by atoms with Gasteiger partial charge in [0.2, 0.25) is 0 Å². The third kappa shape index (κ3) is 3.46. The fraction of sp³-hybridized carbons (Fsp3) is 0.667. The fourth-order valence-electron chi connectivity index (χ4n) is 2.30. The Bertz CT molecular complexity index is 395. The van der Waals surface area contributed by atoms with E-state index in [0.29, 0.717) is 6.04 Å². The molecule has 1 fully saturated rings. The minimum Gasteiger partial charge on any atom is -0.351 e. The van der Waals surface area contributed by atoms with E-state index in [1.54, 1.807) is 4.90 Å². The van der Waals surface area contributed by atoms with Crippen molar-refractivity contribution < 1.29 is 4.79 Å². The van der Waals surface area contributed by atoms with Gasteiger partial charge in [-0.25, -0.2) is 4.79 Å². The highest BCUT2D eigenvalue weighted by atomic mass is 16.2. The van der Waals surface area contributed by atoms with Crippen LogP contribution in [0.3, 0.4) is 0 Å². The van der Waals surface area contributed by atoms with Crippen molar-refractivity contribution in [2.45, 2.75) is 25.3 Å². The van der Waals surface area contributed by atoms with Crippen LogP contribution in [0, 0.1) is 0 Å². The van der Waals surface area contributed by atoms with E-state index >= 15 is 0 Å². The second kappa shape index (κ2) is 5.86. The third-order valence-electron chi connectivity index (χ3n) is 3.39. The molecule has 1 aromatic rings. The Balaban J connectivity index is 1.65. The number of nitrogens with one attached hydrogen (secondary N) is 1. The zero-order valence-electron chi connectivity index (χ0n) is 10.8. The lowest BCUT2D eigenvalue weighted by Crippen LogP contribution is -2.47. The van der Waals surface area contributed by atoms with E-state index in [-0.39, 0.29) is 6.03 Å². The molecule has 6 nitrogen and oxygen atoms in total. The summed E-state index contributed by atoms with van der Waals surface area (Å²) in [5, 5.41) is 7.85. The highest BCUT2D eigenvalue weighted by Gasteiger charge is 2.20. The molecule has 1 aromatic heterocycles. The first-order valence-electron chi connectivity index (χ1n) is 6.41. The molecular weight excluding hydrogens is 230 g/mol. The van der Waals surface area contributed by atoms with E-state index in [0.717, 1.165) is 44.6 Å². The van der Waals surface area contributed by atoms with E-state index in [1.807, 2.05) is 24.0 Å². The fourth-order valence-corrected chi connectivity index (χ4v) is 2.30. The van der Waals surface area contributed by atoms with Gasteiger partial charge in [0, 0.05) is 45.3 Å². The number of amides is 2. The molecule has 2 rings (SSSR count). The lowest BCUT2D eigenvalue weighted by atomic mass is 10.1. The number of carbonyl (C=O) groups is 1. The van der Waals surface area contributed by atoms with Gasteiger partial charge in [-0.3, -0.25) is 4.68 Å². The summed E-state index contributed by atoms with van der Waals surface area (Å²) in [7, 11) is 1.93. The number of hydrogen-bond donors (Lipinski definition) is 2. The van der Waals surface area contributed by atoms with Crippen LogP contribution in [0.1, 0.15) is 18.5 Å². The van der Waals surface area contributed by atoms with Gasteiger partial charge in [-0.05, 0) is 18.9 Å². The van der Waals surface area contributed by atoms with Crippen LogP contribution in [0.4, 0.5) is 4.79 Å². The van der Waals surface area contributed by atoms with Gasteiger partial charge in [0.1, 0.15) is 0 Å². The van der Waals surface area contributed by atoms with Crippen molar-refractivity contribution >= 4 is 6.03 Å². The number of hydrogen-bond acceptors (Lipinski definition) is 3. The summed E-state index contributed by atoms with van der Waals surface area (Å²) < 4.78 is 1.82. The normalized spacial score (nSPS) is 17.1. The van der Waals surface area contributed by atoms with Crippen molar-refractivity contribution in [3.05, 3.63) is 18.0 Å². The van der Waals surface area contributed by atoms with Crippen molar-refractivity contribution in [1.29, 1.82) is 0 Å². The minimum atomic E-state index is -0.304. The molecule has 1 saturated heterocycles. The first-order valence-corrected chi connectivity index (χ1v) is 6.41. The van der Waals surface area contributed by atoms with E-state index in [2.05, 4.69) is 10.4 Å². The average Bonchev–Trinajstić information content (AvgIpc) is 2.76. The number of rotatable bonds is 4. The Morgan fingerprint density at radius 1 is 1.56 bits per heavy atom. The molecule has 1 aliphatic heterocycles. The Morgan fingerprint density at radius 2 is 2.28 bits per heavy atom. The molecule has 18 heavy (non-hydrogen) atoms. The van der Waals surface area contributed by atoms with Crippen molar-refractivity contribution in [2.75, 3.05) is 19.6 Å². The van der Waals surface area contributed by atoms with E-state index in [9.17, 15) is 4.79 Å². The molecule has 0 bridgehead atoms. The quantitative estimate of drug-likeness (QED) is 0.796. The first-order chi connectivity index (χ1) is 8.65. The molecule has 0 unspecified atom stereocenters. The zero-order chi connectivity index (χ0) is 13.0. The lowest BCUT2D eigenvalue weighted by molar-refractivity contribution is 0.185. The van der Waals surface area contributed by atoms with Gasteiger partial charge in [0.15, 0.2) is 0 Å². The van der Waals surface area contributed by atoms with Gasteiger partial charge < -0.3 is 16.0 Å². The maximum absolute atomic E-state index is 11.0. The van der Waals surface area contributed by atoms with Gasteiger partial charge in [-0.15, -0.1) is 0 Å². The van der Waals surface area contributed by atoms with Crippen LogP contribution in [0.2, 0.25) is 0 Å². The monoisotopic (exact) mass is 251 g/mol. The highest BCUT2D eigenvalue weighted by molar-refractivity contribution is 5.72. The molecule has 2 heterocycles. The summed E-state index contributed by atoms with van der Waals surface area (Å²) in [5.74, 6) is 0. The van der Waals surface area contributed by atoms with Crippen LogP contribution in [0.15, 0.2) is 12.3 Å². The van der Waals surface area contributed by atoms with Crippen LogP contribution in [0.5, 0.6) is 0 Å². The molecule has 100 valence electrons. The molecule has 0 saturated carbocycles. The Hall–Kier alpha value is -1.56. The Morgan fingerprint density at radius 3 is 2.83 bits per heavy atom. The molecule has 0 aliphatic carbocycles. The summed E-state index contributed by atoms with van der Waals surface area (Å²) in [6, 6.07) is 2.23. The van der Waals surface area contributed by atoms with E-state index in [4.69, 9.17) is 5.73 Å². The molecule has 0 radical (unpaired) electrons. The maximum atomic E-state index is 11.0. The molecule has 6 heteroatoms. The SMILES string of the molecule is Cn1ccc(CCNC2CCN(C(N)=O)CC2)n1. The molecule has 0 atom stereocenters. The minimum absolute atomic E-state index is 0.304. The number of likely N-dealkylation sites (tertiary alicyclic amines) is 1. The number of aryl methyl sites for hydroxylation is 1. The molecular formula is C12H21N5O. The summed E-state index contributed by atoms with van der Waals surface area (Å²) in [6.45, 7) is 2.45. The maximum Gasteiger partial charge on any atom is 0.314 e. The Labute approximate surface area is 107 Å². The first kappa shape index (κ1) is 12.9. The molecule has 3 N–H and O–H groups in total. The van der Waals surface area contributed by atoms with E-state index < -0.39 is 0 Å². The predicted octanol–water partition coefficient (Wildman–Crippen LogP) is 0.0953. The number of aromatic nitrogens is 2. The molecule has 0 aromatic carbocycles. The highest BCUT2D eigenvalue weighted by Crippen LogP contribution is 2.09. The number of piperidine rings is 1. The second-order valence-corrected chi connectivity index (χ2v) is 4.78. The van der Waals surface area contributed by atoms with Gasteiger partial charge in [0.05, 0.1) is 5.69 Å². The van der Waals surface area contributed by atoms with Gasteiger partial charge >= 0.3 is 6.03 Å². The van der Waals surface area contributed by atoms with E-state index in [1.165, 1.54) is 0 Å². The van der Waals surface area contributed by atoms with Crippen LogP contribution < -0.4 is 11.1 Å². The topological polar surface area (TPSA) is 76.2 Å². The summed E-state index contributed by atoms with van der Waals surface area (Å²) >= 11 is 0. The van der Waals surface area contributed by atoms with Crippen LogP contribution in [-0.2, 0) is 13.5 Å². The van der Waals surface area contributed by atoms with Gasteiger partial charge in [-0.2, -0.15) is 5.10 Å². The molecule has 2 amide bonds. The molecule has 1 aliphatic rings. The number of urea groups is 1. The summed E-state index contributed by atoms with van der Waals surface area (Å²) in [6.07, 6.45) is 4.86. The number of carbonyl (C=O) groups excluding carboxylic acids is 1. The van der Waals surface area contributed by atoms with Crippen LogP contribution in [0.25, 0.3) is 0 Å². The average molecular weight is 251 g/mol. The van der Waals surface area contributed by atoms with Gasteiger partial charge in [0.25, 0.3) is 0 Å². The number of primary amides is 1. The van der Waals surface area contributed by atoms with Crippen molar-refractivity contribution in [3.63, 3.8) is 0 Å². The smallest absolute Gasteiger partial charge is 0.314 e. The zero-order valence-corrected chi connectivity index (χ0v) is 10.8. The van der Waals surface area contributed by atoms with Crippen molar-refractivity contribution in [2.24, 2.45) is 12.8 Å².